The van der Waals surface area contributed by atoms with E-state index in [0.29, 0.717) is 5.69 Å². The Balaban J connectivity index is 1.96. The Bertz CT molecular complexity index is 885. The monoisotopic (exact) mass is 331 g/mol. The van der Waals surface area contributed by atoms with Crippen LogP contribution in [-0.4, -0.2) is 10.9 Å². The van der Waals surface area contributed by atoms with E-state index in [0.717, 1.165) is 11.1 Å². The molecule has 0 aliphatic heterocycles. The van der Waals surface area contributed by atoms with Crippen LogP contribution in [0.5, 0.6) is 5.75 Å². The normalized spacial score (nSPS) is 11.3. The molecule has 0 atom stereocenters. The molecule has 1 aromatic heterocycles. The quantitative estimate of drug-likeness (QED) is 0.712. The van der Waals surface area contributed by atoms with Gasteiger partial charge in [0.15, 0.2) is 0 Å². The zero-order valence-electron chi connectivity index (χ0n) is 12.3. The molecule has 0 N–H and O–H groups in total. The molecule has 3 aromatic rings. The van der Waals surface area contributed by atoms with Gasteiger partial charge in [-0.15, -0.1) is 13.2 Å². The smallest absolute Gasteiger partial charge is 0.406 e. The standard InChI is InChI=1S/C18H12F3NO2/c19-18(20,21)24-16-9-7-15(8-10-16)22-12-14(6-11-17(22)23)13-4-2-1-3-5-13/h1-12H. The van der Waals surface area contributed by atoms with E-state index in [-0.39, 0.29) is 11.3 Å². The molecule has 0 saturated heterocycles. The summed E-state index contributed by atoms with van der Waals surface area (Å²) in [6.45, 7) is 0. The van der Waals surface area contributed by atoms with E-state index < -0.39 is 6.36 Å². The average molecular weight is 331 g/mol. The van der Waals surface area contributed by atoms with Crippen molar-refractivity contribution in [2.24, 2.45) is 0 Å². The first-order valence-corrected chi connectivity index (χ1v) is 7.07. The molecule has 0 saturated carbocycles. The minimum Gasteiger partial charge on any atom is -0.406 e. The predicted octanol–water partition coefficient (Wildman–Crippen LogP) is 4.40. The first kappa shape index (κ1) is 15.9. The summed E-state index contributed by atoms with van der Waals surface area (Å²) in [4.78, 5) is 12.1. The maximum Gasteiger partial charge on any atom is 0.573 e. The number of pyridine rings is 1. The fourth-order valence-corrected chi connectivity index (χ4v) is 2.30. The van der Waals surface area contributed by atoms with Crippen LogP contribution in [0.2, 0.25) is 0 Å². The van der Waals surface area contributed by atoms with Crippen LogP contribution in [0, 0.1) is 0 Å². The van der Waals surface area contributed by atoms with Gasteiger partial charge in [0, 0.05) is 18.0 Å². The summed E-state index contributed by atoms with van der Waals surface area (Å²) in [6, 6.07) is 17.7. The SMILES string of the molecule is O=c1ccc(-c2ccccc2)cn1-c1ccc(OC(F)(F)F)cc1. The summed E-state index contributed by atoms with van der Waals surface area (Å²) in [5, 5.41) is 0. The van der Waals surface area contributed by atoms with Gasteiger partial charge in [-0.25, -0.2) is 0 Å². The molecular weight excluding hydrogens is 319 g/mol. The first-order chi connectivity index (χ1) is 11.4. The number of alkyl halides is 3. The van der Waals surface area contributed by atoms with Crippen molar-refractivity contribution in [2.45, 2.75) is 6.36 Å². The van der Waals surface area contributed by atoms with Gasteiger partial charge in [0.25, 0.3) is 5.56 Å². The Labute approximate surface area is 135 Å². The third-order valence-corrected chi connectivity index (χ3v) is 3.37. The summed E-state index contributed by atoms with van der Waals surface area (Å²) in [7, 11) is 0. The van der Waals surface area contributed by atoms with Gasteiger partial charge in [-0.2, -0.15) is 0 Å². The summed E-state index contributed by atoms with van der Waals surface area (Å²) < 4.78 is 41.8. The van der Waals surface area contributed by atoms with Crippen molar-refractivity contribution in [3.63, 3.8) is 0 Å². The maximum absolute atomic E-state index is 12.2. The van der Waals surface area contributed by atoms with Crippen LogP contribution in [0.4, 0.5) is 13.2 Å². The molecular formula is C18H12F3NO2. The summed E-state index contributed by atoms with van der Waals surface area (Å²) in [5.41, 5.74) is 1.93. The minimum atomic E-state index is -4.74. The van der Waals surface area contributed by atoms with E-state index in [1.54, 1.807) is 12.3 Å². The number of benzene rings is 2. The topological polar surface area (TPSA) is 31.2 Å². The van der Waals surface area contributed by atoms with Gasteiger partial charge in [-0.3, -0.25) is 9.36 Å². The van der Waals surface area contributed by atoms with Gasteiger partial charge in [-0.1, -0.05) is 30.3 Å². The highest BCUT2D eigenvalue weighted by Gasteiger charge is 2.30. The van der Waals surface area contributed by atoms with E-state index in [2.05, 4.69) is 4.74 Å². The molecule has 0 radical (unpaired) electrons. The van der Waals surface area contributed by atoms with E-state index in [1.807, 2.05) is 30.3 Å². The number of halogens is 3. The van der Waals surface area contributed by atoms with Crippen molar-refractivity contribution in [1.29, 1.82) is 0 Å². The highest BCUT2D eigenvalue weighted by Crippen LogP contribution is 2.24. The second kappa shape index (κ2) is 6.23. The van der Waals surface area contributed by atoms with Crippen molar-refractivity contribution < 1.29 is 17.9 Å². The summed E-state index contributed by atoms with van der Waals surface area (Å²) in [6.07, 6.45) is -3.09. The van der Waals surface area contributed by atoms with E-state index in [4.69, 9.17) is 0 Å². The summed E-state index contributed by atoms with van der Waals surface area (Å²) in [5.74, 6) is -0.335. The molecule has 2 aromatic carbocycles. The van der Waals surface area contributed by atoms with Crippen molar-refractivity contribution in [3.05, 3.63) is 83.3 Å². The van der Waals surface area contributed by atoms with Crippen LogP contribution in [0.1, 0.15) is 0 Å². The third-order valence-electron chi connectivity index (χ3n) is 3.37. The lowest BCUT2D eigenvalue weighted by Gasteiger charge is -2.11. The van der Waals surface area contributed by atoms with Gasteiger partial charge < -0.3 is 4.74 Å². The molecule has 122 valence electrons. The molecule has 0 spiro atoms. The fourth-order valence-electron chi connectivity index (χ4n) is 2.30. The Hall–Kier alpha value is -3.02. The number of aromatic nitrogens is 1. The number of hydrogen-bond donors (Lipinski definition) is 0. The molecule has 0 aliphatic carbocycles. The lowest BCUT2D eigenvalue weighted by molar-refractivity contribution is -0.274. The highest BCUT2D eigenvalue weighted by atomic mass is 19.4. The van der Waals surface area contributed by atoms with Crippen LogP contribution in [0.3, 0.4) is 0 Å². The van der Waals surface area contributed by atoms with Gasteiger partial charge in [0.05, 0.1) is 0 Å². The van der Waals surface area contributed by atoms with Gasteiger partial charge in [0.1, 0.15) is 5.75 Å². The predicted molar refractivity (Wildman–Crippen MR) is 84.2 cm³/mol. The second-order valence-electron chi connectivity index (χ2n) is 5.03. The number of ether oxygens (including phenoxy) is 1. The van der Waals surface area contributed by atoms with E-state index in [9.17, 15) is 18.0 Å². The van der Waals surface area contributed by atoms with Crippen LogP contribution in [-0.2, 0) is 0 Å². The number of rotatable bonds is 3. The van der Waals surface area contributed by atoms with Crippen molar-refractivity contribution >= 4 is 0 Å². The molecule has 0 amide bonds. The molecule has 24 heavy (non-hydrogen) atoms. The van der Waals surface area contributed by atoms with Gasteiger partial charge >= 0.3 is 6.36 Å². The molecule has 3 nitrogen and oxygen atoms in total. The number of hydrogen-bond acceptors (Lipinski definition) is 2. The molecule has 0 bridgehead atoms. The Kier molecular flexibility index (Phi) is 4.12. The Morgan fingerprint density at radius 2 is 1.46 bits per heavy atom. The third kappa shape index (κ3) is 3.65. The van der Waals surface area contributed by atoms with Crippen LogP contribution >= 0.6 is 0 Å². The van der Waals surface area contributed by atoms with Crippen LogP contribution in [0.25, 0.3) is 16.8 Å². The highest BCUT2D eigenvalue weighted by molar-refractivity contribution is 5.62. The lowest BCUT2D eigenvalue weighted by atomic mass is 10.1. The summed E-state index contributed by atoms with van der Waals surface area (Å²) >= 11 is 0. The number of nitrogens with zero attached hydrogens (tertiary/aromatic N) is 1. The van der Waals surface area contributed by atoms with E-state index in [1.165, 1.54) is 34.9 Å². The van der Waals surface area contributed by atoms with Gasteiger partial charge in [-0.05, 0) is 41.5 Å². The van der Waals surface area contributed by atoms with Crippen molar-refractivity contribution in [2.75, 3.05) is 0 Å². The minimum absolute atomic E-state index is 0.279. The van der Waals surface area contributed by atoms with Crippen molar-refractivity contribution in [1.82, 2.24) is 4.57 Å². The average Bonchev–Trinajstić information content (AvgIpc) is 2.56. The van der Waals surface area contributed by atoms with Gasteiger partial charge in [0.2, 0.25) is 0 Å². The Morgan fingerprint density at radius 3 is 2.08 bits per heavy atom. The molecule has 0 unspecified atom stereocenters. The maximum atomic E-state index is 12.2. The second-order valence-corrected chi connectivity index (χ2v) is 5.03. The molecule has 0 aliphatic rings. The van der Waals surface area contributed by atoms with E-state index >= 15 is 0 Å². The Morgan fingerprint density at radius 1 is 0.792 bits per heavy atom. The van der Waals surface area contributed by atoms with Crippen LogP contribution < -0.4 is 10.3 Å². The molecule has 1 heterocycles. The van der Waals surface area contributed by atoms with Crippen molar-refractivity contribution in [3.8, 4) is 22.6 Å². The molecule has 0 fully saturated rings. The van der Waals surface area contributed by atoms with Crippen LogP contribution in [0.15, 0.2) is 77.7 Å². The fraction of sp³-hybridized carbons (Fsp3) is 0.0556. The first-order valence-electron chi connectivity index (χ1n) is 7.07. The molecule has 6 heteroatoms. The molecule has 3 rings (SSSR count). The largest absolute Gasteiger partial charge is 0.573 e. The zero-order chi connectivity index (χ0) is 17.2. The zero-order valence-corrected chi connectivity index (χ0v) is 12.3. The lowest BCUT2D eigenvalue weighted by Crippen LogP contribution is -2.18.